The topological polar surface area (TPSA) is 96.8 Å². The van der Waals surface area contributed by atoms with Crippen LogP contribution in [-0.2, 0) is 11.3 Å². The van der Waals surface area contributed by atoms with Gasteiger partial charge in [-0.3, -0.25) is 9.59 Å². The number of hydrogen-bond donors (Lipinski definition) is 1. The van der Waals surface area contributed by atoms with Gasteiger partial charge in [0.1, 0.15) is 5.82 Å². The van der Waals surface area contributed by atoms with Gasteiger partial charge in [-0.15, -0.1) is 5.10 Å². The molecule has 1 atom stereocenters. The third-order valence-electron chi connectivity index (χ3n) is 5.46. The molecule has 2 aliphatic rings. The van der Waals surface area contributed by atoms with Gasteiger partial charge in [0.05, 0.1) is 0 Å². The molecule has 8 heteroatoms. The lowest BCUT2D eigenvalue weighted by atomic mass is 9.96. The van der Waals surface area contributed by atoms with E-state index in [-0.39, 0.29) is 17.0 Å². The van der Waals surface area contributed by atoms with Gasteiger partial charge in [0.25, 0.3) is 5.56 Å². The highest BCUT2D eigenvalue weighted by Crippen LogP contribution is 2.29. The first kappa shape index (κ1) is 16.2. The Morgan fingerprint density at radius 1 is 1.24 bits per heavy atom. The van der Waals surface area contributed by atoms with Crippen LogP contribution >= 0.6 is 0 Å². The van der Waals surface area contributed by atoms with Crippen molar-refractivity contribution < 1.29 is 4.79 Å². The van der Waals surface area contributed by atoms with E-state index >= 15 is 0 Å². The maximum absolute atomic E-state index is 12.7. The Bertz CT molecular complexity index is 835. The molecule has 134 valence electrons. The van der Waals surface area contributed by atoms with E-state index in [1.165, 1.54) is 12.8 Å². The van der Waals surface area contributed by atoms with E-state index in [2.05, 4.69) is 20.3 Å². The number of amides is 1. The third kappa shape index (κ3) is 3.17. The van der Waals surface area contributed by atoms with Gasteiger partial charge in [0, 0.05) is 25.6 Å². The molecular weight excluding hydrogens is 320 g/mol. The highest BCUT2D eigenvalue weighted by Gasteiger charge is 2.31. The predicted molar refractivity (Wildman–Crippen MR) is 91.9 cm³/mol. The Hall–Kier alpha value is -2.25. The third-order valence-corrected chi connectivity index (χ3v) is 5.46. The van der Waals surface area contributed by atoms with Crippen LogP contribution in [0.1, 0.15) is 44.3 Å². The molecule has 0 unspecified atom stereocenters. The number of aromatic amines is 1. The number of nitrogens with one attached hydrogen (secondary N) is 1. The monoisotopic (exact) mass is 344 g/mol. The molecule has 8 nitrogen and oxygen atoms in total. The quantitative estimate of drug-likeness (QED) is 0.904. The predicted octanol–water partition coefficient (Wildman–Crippen LogP) is 1.25. The highest BCUT2D eigenvalue weighted by molar-refractivity contribution is 5.79. The van der Waals surface area contributed by atoms with Crippen LogP contribution in [0.3, 0.4) is 0 Å². The van der Waals surface area contributed by atoms with Gasteiger partial charge in [-0.1, -0.05) is 18.1 Å². The minimum atomic E-state index is -0.254. The van der Waals surface area contributed by atoms with Crippen molar-refractivity contribution in [2.24, 2.45) is 11.8 Å². The molecule has 1 saturated carbocycles. The second kappa shape index (κ2) is 6.57. The van der Waals surface area contributed by atoms with Crippen LogP contribution in [-0.4, -0.2) is 48.9 Å². The number of likely N-dealkylation sites (tertiary alicyclic amines) is 1. The minimum absolute atomic E-state index is 0.230. The lowest BCUT2D eigenvalue weighted by molar-refractivity contribution is -0.137. The number of aromatic nitrogens is 5. The van der Waals surface area contributed by atoms with Crippen LogP contribution in [0.4, 0.5) is 0 Å². The highest BCUT2D eigenvalue weighted by atomic mass is 16.2. The second-order valence-corrected chi connectivity index (χ2v) is 7.37. The molecule has 1 N–H and O–H groups in total. The molecule has 1 saturated heterocycles. The fraction of sp³-hybridized carbons (Fsp3) is 0.706. The average molecular weight is 344 g/mol. The Labute approximate surface area is 145 Å². The van der Waals surface area contributed by atoms with Crippen LogP contribution < -0.4 is 5.56 Å². The zero-order valence-corrected chi connectivity index (χ0v) is 14.6. The molecule has 0 spiro atoms. The molecule has 0 bridgehead atoms. The van der Waals surface area contributed by atoms with E-state index in [0.29, 0.717) is 29.8 Å². The summed E-state index contributed by atoms with van der Waals surface area (Å²) in [5.74, 6) is 1.44. The molecule has 1 aliphatic heterocycles. The summed E-state index contributed by atoms with van der Waals surface area (Å²) in [5, 5.41) is 8.09. The van der Waals surface area contributed by atoms with E-state index in [9.17, 15) is 9.59 Å². The zero-order valence-electron chi connectivity index (χ0n) is 14.6. The van der Waals surface area contributed by atoms with Gasteiger partial charge in [0.15, 0.2) is 11.2 Å². The van der Waals surface area contributed by atoms with E-state index in [4.69, 9.17) is 0 Å². The molecule has 0 radical (unpaired) electrons. The largest absolute Gasteiger partial charge is 0.342 e. The lowest BCUT2D eigenvalue weighted by Crippen LogP contribution is -2.43. The van der Waals surface area contributed by atoms with E-state index < -0.39 is 0 Å². The number of nitrogens with zero attached hydrogens (tertiary/aromatic N) is 5. The van der Waals surface area contributed by atoms with Gasteiger partial charge >= 0.3 is 0 Å². The van der Waals surface area contributed by atoms with Crippen molar-refractivity contribution in [1.82, 2.24) is 29.9 Å². The number of hydrogen-bond acceptors (Lipinski definition) is 5. The van der Waals surface area contributed by atoms with Crippen molar-refractivity contribution in [2.45, 2.75) is 52.0 Å². The van der Waals surface area contributed by atoms with Crippen LogP contribution in [0.15, 0.2) is 4.79 Å². The van der Waals surface area contributed by atoms with Crippen LogP contribution in [0.2, 0.25) is 0 Å². The zero-order chi connectivity index (χ0) is 17.4. The van der Waals surface area contributed by atoms with Crippen LogP contribution in [0.25, 0.3) is 11.2 Å². The molecule has 1 aliphatic carbocycles. The Balaban J connectivity index is 1.49. The van der Waals surface area contributed by atoms with E-state index in [1.807, 2.05) is 4.90 Å². The average Bonchev–Trinajstić information content (AvgIpc) is 3.25. The summed E-state index contributed by atoms with van der Waals surface area (Å²) in [6, 6.07) is 0. The van der Waals surface area contributed by atoms with Crippen LogP contribution in [0.5, 0.6) is 0 Å². The van der Waals surface area contributed by atoms with Crippen molar-refractivity contribution >= 4 is 17.1 Å². The Kier molecular flexibility index (Phi) is 4.27. The SMILES string of the molecule is Cc1nc2c(nnn2C[C@@H]2CCCN(C(=O)C3CCCC3)C2)c(=O)[nH]1. The first-order valence-electron chi connectivity index (χ1n) is 9.20. The number of fused-ring (bicyclic) bond motifs is 1. The number of aryl methyl sites for hydroxylation is 1. The van der Waals surface area contributed by atoms with Gasteiger partial charge in [-0.2, -0.15) is 0 Å². The number of carbonyl (C=O) groups is 1. The van der Waals surface area contributed by atoms with Crippen LogP contribution in [0, 0.1) is 18.8 Å². The maximum atomic E-state index is 12.7. The summed E-state index contributed by atoms with van der Waals surface area (Å²) < 4.78 is 1.71. The molecule has 2 aromatic heterocycles. The lowest BCUT2D eigenvalue weighted by Gasteiger charge is -2.34. The normalized spacial score (nSPS) is 22.0. The number of rotatable bonds is 3. The Morgan fingerprint density at radius 3 is 2.84 bits per heavy atom. The van der Waals surface area contributed by atoms with Crippen molar-refractivity contribution in [3.63, 3.8) is 0 Å². The van der Waals surface area contributed by atoms with Crippen molar-refractivity contribution in [1.29, 1.82) is 0 Å². The summed E-state index contributed by atoms with van der Waals surface area (Å²) in [4.78, 5) is 33.7. The summed E-state index contributed by atoms with van der Waals surface area (Å²) in [6.45, 7) is 4.02. The number of piperidine rings is 1. The van der Waals surface area contributed by atoms with E-state index in [1.54, 1.807) is 11.6 Å². The minimum Gasteiger partial charge on any atom is -0.342 e. The molecule has 4 rings (SSSR count). The van der Waals surface area contributed by atoms with Gasteiger partial charge in [-0.05, 0) is 38.5 Å². The van der Waals surface area contributed by atoms with Crippen molar-refractivity contribution in [3.8, 4) is 0 Å². The molecule has 25 heavy (non-hydrogen) atoms. The molecule has 2 aromatic rings. The smallest absolute Gasteiger partial charge is 0.281 e. The van der Waals surface area contributed by atoms with Crippen molar-refractivity contribution in [2.75, 3.05) is 13.1 Å². The molecule has 1 amide bonds. The Morgan fingerprint density at radius 2 is 2.04 bits per heavy atom. The van der Waals surface area contributed by atoms with Crippen molar-refractivity contribution in [3.05, 3.63) is 16.2 Å². The summed E-state index contributed by atoms with van der Waals surface area (Å²) in [7, 11) is 0. The fourth-order valence-corrected chi connectivity index (χ4v) is 4.19. The summed E-state index contributed by atoms with van der Waals surface area (Å²) in [5.41, 5.74) is 0.552. The first-order chi connectivity index (χ1) is 12.1. The number of carbonyl (C=O) groups excluding carboxylic acids is 1. The standard InChI is InChI=1S/C17H24N6O2/c1-11-18-15-14(16(24)19-11)20-21-23(15)10-12-5-4-8-22(9-12)17(25)13-6-2-3-7-13/h12-13H,2-10H2,1H3,(H,18,19,24)/t12-/m1/s1. The van der Waals surface area contributed by atoms with E-state index in [0.717, 1.165) is 38.8 Å². The summed E-state index contributed by atoms with van der Waals surface area (Å²) in [6.07, 6.45) is 6.51. The second-order valence-electron chi connectivity index (χ2n) is 7.37. The number of H-pyrrole nitrogens is 1. The fourth-order valence-electron chi connectivity index (χ4n) is 4.19. The van der Waals surface area contributed by atoms with Gasteiger partial charge in [0.2, 0.25) is 5.91 Å². The van der Waals surface area contributed by atoms with Gasteiger partial charge < -0.3 is 9.88 Å². The molecule has 3 heterocycles. The maximum Gasteiger partial charge on any atom is 0.281 e. The molecular formula is C17H24N6O2. The van der Waals surface area contributed by atoms with Gasteiger partial charge in [-0.25, -0.2) is 9.67 Å². The molecule has 2 fully saturated rings. The first-order valence-corrected chi connectivity index (χ1v) is 9.20. The molecule has 0 aromatic carbocycles. The summed E-state index contributed by atoms with van der Waals surface area (Å²) >= 11 is 0.